The van der Waals surface area contributed by atoms with E-state index in [4.69, 9.17) is 9.26 Å². The molecule has 0 unspecified atom stereocenters. The van der Waals surface area contributed by atoms with Crippen molar-refractivity contribution in [3.63, 3.8) is 0 Å². The number of carbonyl (C=O) groups excluding carboxylic acids is 1. The van der Waals surface area contributed by atoms with E-state index in [0.29, 0.717) is 24.8 Å². The molecule has 1 atom stereocenters. The number of amides is 2. The van der Waals surface area contributed by atoms with Crippen LogP contribution in [0, 0.1) is 6.92 Å². The number of aromatic nitrogens is 2. The average Bonchev–Trinajstić information content (AvgIpc) is 3.28. The molecule has 1 N–H and O–H groups in total. The summed E-state index contributed by atoms with van der Waals surface area (Å²) in [4.78, 5) is 18.9. The molecule has 1 aromatic heterocycles. The Morgan fingerprint density at radius 2 is 2.12 bits per heavy atom. The third-order valence-electron chi connectivity index (χ3n) is 5.42. The van der Waals surface area contributed by atoms with Gasteiger partial charge >= 0.3 is 6.03 Å². The first-order chi connectivity index (χ1) is 12.7. The van der Waals surface area contributed by atoms with Crippen molar-refractivity contribution in [3.05, 3.63) is 41.0 Å². The lowest BCUT2D eigenvalue weighted by atomic mass is 9.97. The minimum atomic E-state index is 0.00540. The maximum atomic E-state index is 12.7. The minimum absolute atomic E-state index is 0.00540. The summed E-state index contributed by atoms with van der Waals surface area (Å²) < 4.78 is 10.7. The van der Waals surface area contributed by atoms with E-state index in [9.17, 15) is 4.79 Å². The van der Waals surface area contributed by atoms with Crippen molar-refractivity contribution in [2.45, 2.75) is 44.6 Å². The van der Waals surface area contributed by atoms with E-state index in [-0.39, 0.29) is 18.0 Å². The van der Waals surface area contributed by atoms with Crippen LogP contribution in [0.1, 0.15) is 54.1 Å². The monoisotopic (exact) mass is 356 g/mol. The first-order valence-corrected chi connectivity index (χ1v) is 9.17. The van der Waals surface area contributed by atoms with Gasteiger partial charge in [0.2, 0.25) is 5.89 Å². The Labute approximate surface area is 152 Å². The molecule has 0 saturated carbocycles. The fourth-order valence-corrected chi connectivity index (χ4v) is 4.01. The summed E-state index contributed by atoms with van der Waals surface area (Å²) in [5, 5.41) is 7.06. The molecule has 1 fully saturated rings. The fourth-order valence-electron chi connectivity index (χ4n) is 4.01. The second-order valence-electron chi connectivity index (χ2n) is 7.01. The van der Waals surface area contributed by atoms with Crippen molar-refractivity contribution in [1.82, 2.24) is 20.4 Å². The first kappa shape index (κ1) is 16.9. The van der Waals surface area contributed by atoms with Gasteiger partial charge in [-0.15, -0.1) is 0 Å². The second kappa shape index (κ2) is 6.97. The van der Waals surface area contributed by atoms with E-state index < -0.39 is 0 Å². The van der Waals surface area contributed by atoms with Crippen molar-refractivity contribution >= 4 is 6.03 Å². The van der Waals surface area contributed by atoms with Crippen LogP contribution in [0.5, 0.6) is 5.75 Å². The van der Waals surface area contributed by atoms with Gasteiger partial charge in [0, 0.05) is 19.0 Å². The molecule has 7 heteroatoms. The van der Waals surface area contributed by atoms with Gasteiger partial charge in [-0.05, 0) is 49.8 Å². The number of nitrogens with zero attached hydrogens (tertiary/aromatic N) is 3. The van der Waals surface area contributed by atoms with Crippen LogP contribution in [-0.2, 0) is 6.42 Å². The quantitative estimate of drug-likeness (QED) is 0.914. The summed E-state index contributed by atoms with van der Waals surface area (Å²) in [5.41, 5.74) is 2.39. The number of likely N-dealkylation sites (tertiary alicyclic amines) is 1. The molecule has 4 rings (SSSR count). The lowest BCUT2D eigenvalue weighted by molar-refractivity contribution is 0.172. The first-order valence-electron chi connectivity index (χ1n) is 9.17. The summed E-state index contributed by atoms with van der Waals surface area (Å²) in [6.45, 7) is 3.23. The molecule has 26 heavy (non-hydrogen) atoms. The van der Waals surface area contributed by atoms with Gasteiger partial charge in [0.05, 0.1) is 13.2 Å². The number of fused-ring (bicyclic) bond motifs is 1. The van der Waals surface area contributed by atoms with Crippen molar-refractivity contribution in [3.8, 4) is 5.75 Å². The van der Waals surface area contributed by atoms with E-state index in [0.717, 1.165) is 31.4 Å². The largest absolute Gasteiger partial charge is 0.496 e. The average molecular weight is 356 g/mol. The van der Waals surface area contributed by atoms with Gasteiger partial charge in [0.25, 0.3) is 0 Å². The molecular formula is C19H24N4O3. The number of ether oxygens (including phenoxy) is 1. The highest BCUT2D eigenvalue weighted by molar-refractivity contribution is 5.75. The zero-order chi connectivity index (χ0) is 18.1. The highest BCUT2D eigenvalue weighted by atomic mass is 16.5. The van der Waals surface area contributed by atoms with Gasteiger partial charge in [-0.25, -0.2) is 4.79 Å². The second-order valence-corrected chi connectivity index (χ2v) is 7.01. The molecule has 0 bridgehead atoms. The molecule has 0 spiro atoms. The third kappa shape index (κ3) is 3.13. The smallest absolute Gasteiger partial charge is 0.317 e. The molecule has 1 saturated heterocycles. The number of hydrogen-bond donors (Lipinski definition) is 1. The van der Waals surface area contributed by atoms with Crippen molar-refractivity contribution in [2.75, 3.05) is 20.2 Å². The predicted octanol–water partition coefficient (Wildman–Crippen LogP) is 2.96. The maximum absolute atomic E-state index is 12.7. The van der Waals surface area contributed by atoms with Gasteiger partial charge in [-0.2, -0.15) is 4.98 Å². The Hall–Kier alpha value is -2.57. The topological polar surface area (TPSA) is 80.5 Å². The van der Waals surface area contributed by atoms with Gasteiger partial charge in [0.15, 0.2) is 5.82 Å². The molecule has 2 aromatic rings. The fraction of sp³-hybridized carbons (Fsp3) is 0.526. The molecule has 2 aliphatic rings. The molecule has 7 nitrogen and oxygen atoms in total. The molecule has 138 valence electrons. The lowest BCUT2D eigenvalue weighted by Gasteiger charge is -2.31. The summed E-state index contributed by atoms with van der Waals surface area (Å²) in [6.07, 6.45) is 3.55. The Kier molecular flexibility index (Phi) is 4.53. The minimum Gasteiger partial charge on any atom is -0.496 e. The number of aryl methyl sites for hydroxylation is 1. The predicted molar refractivity (Wildman–Crippen MR) is 95.2 cm³/mol. The summed E-state index contributed by atoms with van der Waals surface area (Å²) >= 11 is 0. The van der Waals surface area contributed by atoms with Crippen LogP contribution in [-0.4, -0.2) is 41.3 Å². The number of urea groups is 1. The number of carbonyl (C=O) groups is 1. The molecule has 0 radical (unpaired) electrons. The van der Waals surface area contributed by atoms with E-state index >= 15 is 0 Å². The van der Waals surface area contributed by atoms with Crippen LogP contribution in [0.2, 0.25) is 0 Å². The van der Waals surface area contributed by atoms with E-state index in [2.05, 4.69) is 21.5 Å². The van der Waals surface area contributed by atoms with Crippen LogP contribution < -0.4 is 10.1 Å². The van der Waals surface area contributed by atoms with E-state index in [1.807, 2.05) is 24.0 Å². The molecular weight excluding hydrogens is 332 g/mol. The highest BCUT2D eigenvalue weighted by Gasteiger charge is 2.31. The van der Waals surface area contributed by atoms with Crippen LogP contribution in [0.15, 0.2) is 22.7 Å². The number of hydrogen-bond acceptors (Lipinski definition) is 5. The SMILES string of the molecule is COc1cccc2c1CC[C@H]2NC(=O)N1CCC(c2nc(C)no2)CC1. The lowest BCUT2D eigenvalue weighted by Crippen LogP contribution is -2.45. The van der Waals surface area contributed by atoms with Crippen molar-refractivity contribution < 1.29 is 14.1 Å². The molecule has 1 aliphatic heterocycles. The third-order valence-corrected chi connectivity index (χ3v) is 5.42. The van der Waals surface area contributed by atoms with Crippen LogP contribution in [0.3, 0.4) is 0 Å². The van der Waals surface area contributed by atoms with Gasteiger partial charge in [-0.3, -0.25) is 0 Å². The summed E-state index contributed by atoms with van der Waals surface area (Å²) in [6, 6.07) is 6.11. The number of piperidine rings is 1. The summed E-state index contributed by atoms with van der Waals surface area (Å²) in [7, 11) is 1.69. The van der Waals surface area contributed by atoms with Gasteiger partial charge < -0.3 is 19.5 Å². The molecule has 2 heterocycles. The van der Waals surface area contributed by atoms with Crippen LogP contribution in [0.25, 0.3) is 0 Å². The Morgan fingerprint density at radius 3 is 2.81 bits per heavy atom. The van der Waals surface area contributed by atoms with Gasteiger partial charge in [-0.1, -0.05) is 17.3 Å². The van der Waals surface area contributed by atoms with Crippen LogP contribution >= 0.6 is 0 Å². The number of nitrogens with one attached hydrogen (secondary N) is 1. The Morgan fingerprint density at radius 1 is 1.31 bits per heavy atom. The standard InChI is InChI=1S/C19H24N4O3/c1-12-20-18(26-22-12)13-8-10-23(11-9-13)19(24)21-16-7-6-15-14(16)4-3-5-17(15)25-2/h3-5,13,16H,6-11H2,1-2H3,(H,21,24)/t16-/m1/s1. The highest BCUT2D eigenvalue weighted by Crippen LogP contribution is 2.37. The number of methoxy groups -OCH3 is 1. The zero-order valence-corrected chi connectivity index (χ0v) is 15.2. The van der Waals surface area contributed by atoms with Gasteiger partial charge in [0.1, 0.15) is 5.75 Å². The number of benzene rings is 1. The summed E-state index contributed by atoms with van der Waals surface area (Å²) in [5.74, 6) is 2.52. The Balaban J connectivity index is 1.36. The number of rotatable bonds is 3. The normalized spacial score (nSPS) is 20.1. The van der Waals surface area contributed by atoms with Crippen molar-refractivity contribution in [1.29, 1.82) is 0 Å². The molecule has 1 aliphatic carbocycles. The zero-order valence-electron chi connectivity index (χ0n) is 15.2. The van der Waals surface area contributed by atoms with Crippen LogP contribution in [0.4, 0.5) is 4.79 Å². The molecule has 1 aromatic carbocycles. The van der Waals surface area contributed by atoms with Crippen molar-refractivity contribution in [2.24, 2.45) is 0 Å². The van der Waals surface area contributed by atoms with E-state index in [1.165, 1.54) is 11.1 Å². The Bertz CT molecular complexity index is 796. The van der Waals surface area contributed by atoms with E-state index in [1.54, 1.807) is 7.11 Å². The maximum Gasteiger partial charge on any atom is 0.317 e. The molecule has 2 amide bonds.